The molecule has 0 bridgehead atoms. The minimum Gasteiger partial charge on any atom is -0.380 e. The molecule has 1 aliphatic rings. The van der Waals surface area contributed by atoms with E-state index in [0.29, 0.717) is 12.0 Å². The number of nitrogens with one attached hydrogen (secondary N) is 1. The van der Waals surface area contributed by atoms with Crippen LogP contribution >= 0.6 is 0 Å². The molecule has 1 aromatic rings. The van der Waals surface area contributed by atoms with Crippen molar-refractivity contribution < 1.29 is 4.74 Å². The van der Waals surface area contributed by atoms with Crippen LogP contribution in [0.4, 0.5) is 0 Å². The maximum atomic E-state index is 5.35. The molecular formula is C12H22N4O. The Morgan fingerprint density at radius 2 is 2.29 bits per heavy atom. The summed E-state index contributed by atoms with van der Waals surface area (Å²) in [6.45, 7) is 5.27. The fourth-order valence-electron chi connectivity index (χ4n) is 2.29. The Bertz CT molecular complexity index is 375. The molecule has 96 valence electrons. The van der Waals surface area contributed by atoms with Crippen molar-refractivity contribution >= 4 is 0 Å². The molecule has 2 atom stereocenters. The van der Waals surface area contributed by atoms with Crippen molar-refractivity contribution in [2.75, 3.05) is 13.7 Å². The fraction of sp³-hybridized carbons (Fsp3) is 0.833. The standard InChI is InChI=1S/C12H22N4O/c1-8(2)5-11-14-12(16(3)15-11)10-6-9(17-4)7-13-10/h8-10,13H,5-7H2,1-4H3. The first-order chi connectivity index (χ1) is 8.10. The minimum atomic E-state index is 0.276. The van der Waals surface area contributed by atoms with Gasteiger partial charge in [0.05, 0.1) is 12.1 Å². The van der Waals surface area contributed by atoms with E-state index in [9.17, 15) is 0 Å². The summed E-state index contributed by atoms with van der Waals surface area (Å²) in [5.41, 5.74) is 0. The van der Waals surface area contributed by atoms with Crippen molar-refractivity contribution in [1.29, 1.82) is 0 Å². The van der Waals surface area contributed by atoms with E-state index in [1.165, 1.54) is 0 Å². The Morgan fingerprint density at radius 3 is 2.88 bits per heavy atom. The summed E-state index contributed by atoms with van der Waals surface area (Å²) in [4.78, 5) is 4.63. The molecule has 1 aromatic heterocycles. The van der Waals surface area contributed by atoms with Crippen LogP contribution in [0.2, 0.25) is 0 Å². The Balaban J connectivity index is 2.08. The molecule has 0 aliphatic carbocycles. The predicted octanol–water partition coefficient (Wildman–Crippen LogP) is 1.06. The molecule has 0 radical (unpaired) electrons. The average Bonchev–Trinajstić information content (AvgIpc) is 2.83. The van der Waals surface area contributed by atoms with E-state index in [4.69, 9.17) is 4.74 Å². The van der Waals surface area contributed by atoms with Crippen molar-refractivity contribution in [3.05, 3.63) is 11.6 Å². The van der Waals surface area contributed by atoms with Gasteiger partial charge in [0.25, 0.3) is 0 Å². The summed E-state index contributed by atoms with van der Waals surface area (Å²) in [6, 6.07) is 0.276. The third-order valence-corrected chi connectivity index (χ3v) is 3.17. The van der Waals surface area contributed by atoms with Crippen molar-refractivity contribution in [2.24, 2.45) is 13.0 Å². The second-order valence-corrected chi connectivity index (χ2v) is 5.16. The molecule has 5 nitrogen and oxygen atoms in total. The summed E-state index contributed by atoms with van der Waals surface area (Å²) < 4.78 is 7.25. The van der Waals surface area contributed by atoms with E-state index in [1.54, 1.807) is 7.11 Å². The number of nitrogens with zero attached hydrogens (tertiary/aromatic N) is 3. The van der Waals surface area contributed by atoms with Crippen LogP contribution in [0.5, 0.6) is 0 Å². The van der Waals surface area contributed by atoms with Crippen LogP contribution in [-0.4, -0.2) is 34.5 Å². The first-order valence-corrected chi connectivity index (χ1v) is 6.26. The van der Waals surface area contributed by atoms with Gasteiger partial charge in [0.1, 0.15) is 5.82 Å². The zero-order valence-corrected chi connectivity index (χ0v) is 11.1. The Labute approximate surface area is 103 Å². The summed E-state index contributed by atoms with van der Waals surface area (Å²) in [7, 11) is 3.73. The van der Waals surface area contributed by atoms with Gasteiger partial charge in [-0.2, -0.15) is 5.10 Å². The largest absolute Gasteiger partial charge is 0.380 e. The van der Waals surface area contributed by atoms with Gasteiger partial charge in [0, 0.05) is 27.1 Å². The molecule has 1 fully saturated rings. The SMILES string of the molecule is COC1CNC(c2nc(CC(C)C)nn2C)C1. The lowest BCUT2D eigenvalue weighted by atomic mass is 10.1. The Hall–Kier alpha value is -0.940. The van der Waals surface area contributed by atoms with Crippen molar-refractivity contribution in [1.82, 2.24) is 20.1 Å². The third kappa shape index (κ3) is 2.84. The van der Waals surface area contributed by atoms with Gasteiger partial charge in [0.15, 0.2) is 5.82 Å². The zero-order valence-electron chi connectivity index (χ0n) is 11.1. The van der Waals surface area contributed by atoms with E-state index >= 15 is 0 Å². The lowest BCUT2D eigenvalue weighted by Gasteiger charge is -2.08. The van der Waals surface area contributed by atoms with Gasteiger partial charge in [-0.15, -0.1) is 0 Å². The van der Waals surface area contributed by atoms with Gasteiger partial charge in [-0.3, -0.25) is 4.68 Å². The van der Waals surface area contributed by atoms with E-state index < -0.39 is 0 Å². The molecule has 2 unspecified atom stereocenters. The summed E-state index contributed by atoms with van der Waals surface area (Å²) in [5.74, 6) is 2.56. The average molecular weight is 238 g/mol. The normalized spacial score (nSPS) is 24.8. The fourth-order valence-corrected chi connectivity index (χ4v) is 2.29. The van der Waals surface area contributed by atoms with Crippen LogP contribution in [0, 0.1) is 5.92 Å². The Morgan fingerprint density at radius 1 is 1.53 bits per heavy atom. The first kappa shape index (κ1) is 12.5. The maximum absolute atomic E-state index is 5.35. The molecule has 17 heavy (non-hydrogen) atoms. The van der Waals surface area contributed by atoms with Crippen LogP contribution in [0.15, 0.2) is 0 Å². The van der Waals surface area contributed by atoms with E-state index in [1.807, 2.05) is 11.7 Å². The van der Waals surface area contributed by atoms with E-state index in [2.05, 4.69) is 29.2 Å². The predicted molar refractivity (Wildman–Crippen MR) is 65.7 cm³/mol. The molecule has 2 heterocycles. The second kappa shape index (κ2) is 5.14. The van der Waals surface area contributed by atoms with Crippen LogP contribution in [-0.2, 0) is 18.2 Å². The summed E-state index contributed by atoms with van der Waals surface area (Å²) >= 11 is 0. The highest BCUT2D eigenvalue weighted by Crippen LogP contribution is 2.23. The molecule has 5 heteroatoms. The molecular weight excluding hydrogens is 216 g/mol. The number of methoxy groups -OCH3 is 1. The van der Waals surface area contributed by atoms with Gasteiger partial charge in [0.2, 0.25) is 0 Å². The van der Waals surface area contributed by atoms with Gasteiger partial charge in [-0.1, -0.05) is 13.8 Å². The summed E-state index contributed by atoms with van der Waals surface area (Å²) in [6.07, 6.45) is 2.21. The topological polar surface area (TPSA) is 52.0 Å². The van der Waals surface area contributed by atoms with Crippen molar-refractivity contribution in [2.45, 2.75) is 38.8 Å². The molecule has 2 rings (SSSR count). The van der Waals surface area contributed by atoms with Crippen LogP contribution < -0.4 is 5.32 Å². The van der Waals surface area contributed by atoms with E-state index in [0.717, 1.165) is 31.0 Å². The molecule has 1 N–H and O–H groups in total. The smallest absolute Gasteiger partial charge is 0.151 e. The minimum absolute atomic E-state index is 0.276. The van der Waals surface area contributed by atoms with Crippen molar-refractivity contribution in [3.8, 4) is 0 Å². The lowest BCUT2D eigenvalue weighted by molar-refractivity contribution is 0.117. The quantitative estimate of drug-likeness (QED) is 0.852. The maximum Gasteiger partial charge on any atom is 0.151 e. The number of hydrogen-bond donors (Lipinski definition) is 1. The van der Waals surface area contributed by atoms with Gasteiger partial charge < -0.3 is 10.1 Å². The zero-order chi connectivity index (χ0) is 12.4. The van der Waals surface area contributed by atoms with Crippen LogP contribution in [0.3, 0.4) is 0 Å². The lowest BCUT2D eigenvalue weighted by Crippen LogP contribution is -2.18. The first-order valence-electron chi connectivity index (χ1n) is 6.26. The van der Waals surface area contributed by atoms with Gasteiger partial charge in [-0.25, -0.2) is 4.98 Å². The highest BCUT2D eigenvalue weighted by molar-refractivity contribution is 5.03. The number of rotatable bonds is 4. The second-order valence-electron chi connectivity index (χ2n) is 5.16. The number of hydrogen-bond acceptors (Lipinski definition) is 4. The highest BCUT2D eigenvalue weighted by atomic mass is 16.5. The summed E-state index contributed by atoms with van der Waals surface area (Å²) in [5, 5.41) is 7.90. The Kier molecular flexibility index (Phi) is 3.79. The van der Waals surface area contributed by atoms with Gasteiger partial charge >= 0.3 is 0 Å². The molecule has 0 saturated carbocycles. The van der Waals surface area contributed by atoms with E-state index in [-0.39, 0.29) is 6.04 Å². The van der Waals surface area contributed by atoms with Crippen LogP contribution in [0.1, 0.15) is 38.0 Å². The number of aryl methyl sites for hydroxylation is 1. The molecule has 1 aliphatic heterocycles. The molecule has 0 spiro atoms. The molecule has 1 saturated heterocycles. The number of aromatic nitrogens is 3. The molecule has 0 amide bonds. The highest BCUT2D eigenvalue weighted by Gasteiger charge is 2.28. The van der Waals surface area contributed by atoms with Crippen molar-refractivity contribution in [3.63, 3.8) is 0 Å². The van der Waals surface area contributed by atoms with Gasteiger partial charge in [-0.05, 0) is 12.3 Å². The third-order valence-electron chi connectivity index (χ3n) is 3.17. The molecule has 0 aromatic carbocycles. The monoisotopic (exact) mass is 238 g/mol. The number of ether oxygens (including phenoxy) is 1. The van der Waals surface area contributed by atoms with Crippen LogP contribution in [0.25, 0.3) is 0 Å².